The zero-order valence-electron chi connectivity index (χ0n) is 16.3. The molecule has 136 valence electrons. The van der Waals surface area contributed by atoms with Crippen molar-refractivity contribution >= 4 is 22.4 Å². The summed E-state index contributed by atoms with van der Waals surface area (Å²) in [5.74, 6) is 0.197. The van der Waals surface area contributed by atoms with Crippen LogP contribution in [0.25, 0.3) is 10.9 Å². The number of fused-ring (bicyclic) bond motifs is 1. The molecule has 0 saturated heterocycles. The standard InChI is InChI=1S/C22H27N3O/c1-15-21(19-8-6-7-9-20(19)23-15)22(26)16(2)25(5)14-17-10-12-18(13-11-17)24(3)4/h6-13,16,23H,14H2,1-5H3/p+1/t16-/m0/s1. The molecule has 0 aliphatic heterocycles. The Labute approximate surface area is 155 Å². The number of anilines is 1. The molecule has 2 aromatic carbocycles. The van der Waals surface area contributed by atoms with Gasteiger partial charge in [0.2, 0.25) is 5.78 Å². The second kappa shape index (κ2) is 7.34. The van der Waals surface area contributed by atoms with Crippen molar-refractivity contribution in [2.24, 2.45) is 0 Å². The monoisotopic (exact) mass is 350 g/mol. The molecule has 0 bridgehead atoms. The number of Topliss-reactive ketones (excluding diaryl/α,β-unsaturated/α-hetero) is 1. The highest BCUT2D eigenvalue weighted by Gasteiger charge is 2.27. The van der Waals surface area contributed by atoms with E-state index in [0.29, 0.717) is 0 Å². The van der Waals surface area contributed by atoms with Gasteiger partial charge >= 0.3 is 0 Å². The molecule has 0 amide bonds. The van der Waals surface area contributed by atoms with Gasteiger partial charge in [0, 0.05) is 41.9 Å². The average Bonchev–Trinajstić information content (AvgIpc) is 2.96. The zero-order valence-corrected chi connectivity index (χ0v) is 16.3. The number of para-hydroxylation sites is 1. The minimum atomic E-state index is -0.110. The molecule has 0 aliphatic rings. The molecule has 1 unspecified atom stereocenters. The number of nitrogens with zero attached hydrogens (tertiary/aromatic N) is 1. The Balaban J connectivity index is 1.78. The van der Waals surface area contributed by atoms with Gasteiger partial charge in [-0.3, -0.25) is 4.79 Å². The Morgan fingerprint density at radius 1 is 1.12 bits per heavy atom. The fourth-order valence-corrected chi connectivity index (χ4v) is 3.42. The lowest BCUT2D eigenvalue weighted by Crippen LogP contribution is -3.12. The summed E-state index contributed by atoms with van der Waals surface area (Å²) in [6, 6.07) is 16.4. The molecule has 1 aromatic heterocycles. The quantitative estimate of drug-likeness (QED) is 0.671. The number of carbonyl (C=O) groups excluding carboxylic acids is 1. The van der Waals surface area contributed by atoms with Crippen molar-refractivity contribution in [2.45, 2.75) is 26.4 Å². The van der Waals surface area contributed by atoms with E-state index in [2.05, 4.69) is 41.2 Å². The second-order valence-corrected chi connectivity index (χ2v) is 7.34. The number of benzene rings is 2. The van der Waals surface area contributed by atoms with Crippen LogP contribution in [0.2, 0.25) is 0 Å². The van der Waals surface area contributed by atoms with Crippen molar-refractivity contribution in [1.82, 2.24) is 4.98 Å². The summed E-state index contributed by atoms with van der Waals surface area (Å²) >= 11 is 0. The number of quaternary nitrogens is 1. The van der Waals surface area contributed by atoms with Crippen molar-refractivity contribution in [3.8, 4) is 0 Å². The SMILES string of the molecule is Cc1[nH]c2ccccc2c1C(=O)[C@H](C)[NH+](C)Cc1ccc(N(C)C)cc1. The normalized spacial score (nSPS) is 13.6. The fraction of sp³-hybridized carbons (Fsp3) is 0.318. The molecule has 0 fully saturated rings. The zero-order chi connectivity index (χ0) is 18.8. The van der Waals surface area contributed by atoms with E-state index in [1.165, 1.54) is 16.2 Å². The van der Waals surface area contributed by atoms with Gasteiger partial charge < -0.3 is 14.8 Å². The van der Waals surface area contributed by atoms with E-state index in [-0.39, 0.29) is 11.8 Å². The predicted octanol–water partition coefficient (Wildman–Crippen LogP) is 2.83. The van der Waals surface area contributed by atoms with Crippen LogP contribution >= 0.6 is 0 Å². The van der Waals surface area contributed by atoms with E-state index in [4.69, 9.17) is 0 Å². The topological polar surface area (TPSA) is 40.5 Å². The summed E-state index contributed by atoms with van der Waals surface area (Å²) < 4.78 is 0. The van der Waals surface area contributed by atoms with Crippen LogP contribution in [0.15, 0.2) is 48.5 Å². The first-order valence-corrected chi connectivity index (χ1v) is 9.08. The van der Waals surface area contributed by atoms with Crippen LogP contribution in [-0.4, -0.2) is 38.0 Å². The number of aryl methyl sites for hydroxylation is 1. The van der Waals surface area contributed by atoms with Gasteiger partial charge in [-0.15, -0.1) is 0 Å². The van der Waals surface area contributed by atoms with Crippen LogP contribution in [0.1, 0.15) is 28.5 Å². The lowest BCUT2D eigenvalue weighted by molar-refractivity contribution is -0.907. The number of rotatable bonds is 6. The summed E-state index contributed by atoms with van der Waals surface area (Å²) in [6.45, 7) is 4.82. The summed E-state index contributed by atoms with van der Waals surface area (Å²) in [5, 5.41) is 1.02. The highest BCUT2D eigenvalue weighted by molar-refractivity contribution is 6.10. The van der Waals surface area contributed by atoms with Crippen molar-refractivity contribution in [3.63, 3.8) is 0 Å². The third-order valence-corrected chi connectivity index (χ3v) is 5.21. The highest BCUT2D eigenvalue weighted by atomic mass is 16.1. The lowest BCUT2D eigenvalue weighted by atomic mass is 10.0. The summed E-state index contributed by atoms with van der Waals surface area (Å²) in [6.07, 6.45) is 0. The molecule has 3 aromatic rings. The number of carbonyl (C=O) groups is 1. The maximum absolute atomic E-state index is 13.2. The number of aromatic nitrogens is 1. The molecular formula is C22H28N3O+. The first-order chi connectivity index (χ1) is 12.4. The van der Waals surface area contributed by atoms with Gasteiger partial charge in [-0.05, 0) is 32.0 Å². The van der Waals surface area contributed by atoms with Gasteiger partial charge in [0.15, 0.2) is 0 Å². The number of hydrogen-bond acceptors (Lipinski definition) is 2. The second-order valence-electron chi connectivity index (χ2n) is 7.34. The van der Waals surface area contributed by atoms with Crippen molar-refractivity contribution in [1.29, 1.82) is 0 Å². The van der Waals surface area contributed by atoms with Gasteiger partial charge in [-0.2, -0.15) is 0 Å². The summed E-state index contributed by atoms with van der Waals surface area (Å²) in [7, 11) is 6.17. The Morgan fingerprint density at radius 3 is 2.42 bits per heavy atom. The van der Waals surface area contributed by atoms with Crippen LogP contribution in [0.5, 0.6) is 0 Å². The number of ketones is 1. The number of aromatic amines is 1. The van der Waals surface area contributed by atoms with E-state index in [9.17, 15) is 4.79 Å². The largest absolute Gasteiger partial charge is 0.378 e. The van der Waals surface area contributed by atoms with Crippen LogP contribution in [-0.2, 0) is 6.54 Å². The van der Waals surface area contributed by atoms with Gasteiger partial charge in [-0.25, -0.2) is 0 Å². The van der Waals surface area contributed by atoms with Crippen molar-refractivity contribution in [2.75, 3.05) is 26.0 Å². The molecule has 4 nitrogen and oxygen atoms in total. The molecule has 0 radical (unpaired) electrons. The molecule has 0 saturated carbocycles. The Kier molecular flexibility index (Phi) is 5.14. The van der Waals surface area contributed by atoms with E-state index < -0.39 is 0 Å². The Bertz CT molecular complexity index is 909. The van der Waals surface area contributed by atoms with Crippen molar-refractivity contribution in [3.05, 3.63) is 65.4 Å². The first-order valence-electron chi connectivity index (χ1n) is 9.08. The third-order valence-electron chi connectivity index (χ3n) is 5.21. The van der Waals surface area contributed by atoms with Crippen LogP contribution in [0, 0.1) is 6.92 Å². The van der Waals surface area contributed by atoms with Gasteiger partial charge in [0.25, 0.3) is 0 Å². The van der Waals surface area contributed by atoms with Gasteiger partial charge in [0.1, 0.15) is 12.6 Å². The number of nitrogens with one attached hydrogen (secondary N) is 2. The molecule has 26 heavy (non-hydrogen) atoms. The number of H-pyrrole nitrogens is 1. The maximum Gasteiger partial charge on any atom is 0.222 e. The lowest BCUT2D eigenvalue weighted by Gasteiger charge is -2.21. The van der Waals surface area contributed by atoms with Crippen LogP contribution < -0.4 is 9.80 Å². The predicted molar refractivity (Wildman–Crippen MR) is 108 cm³/mol. The third kappa shape index (κ3) is 3.51. The van der Waals surface area contributed by atoms with E-state index >= 15 is 0 Å². The smallest absolute Gasteiger partial charge is 0.222 e. The summed E-state index contributed by atoms with van der Waals surface area (Å²) in [4.78, 5) is 19.8. The minimum absolute atomic E-state index is 0.110. The van der Waals surface area contributed by atoms with E-state index in [1.54, 1.807) is 0 Å². The number of hydrogen-bond donors (Lipinski definition) is 2. The molecule has 3 rings (SSSR count). The molecule has 2 atom stereocenters. The average molecular weight is 350 g/mol. The molecular weight excluding hydrogens is 322 g/mol. The maximum atomic E-state index is 13.2. The minimum Gasteiger partial charge on any atom is -0.378 e. The van der Waals surface area contributed by atoms with E-state index in [0.717, 1.165) is 28.7 Å². The Hall–Kier alpha value is -2.59. The molecule has 4 heteroatoms. The van der Waals surface area contributed by atoms with E-state index in [1.807, 2.05) is 52.2 Å². The highest BCUT2D eigenvalue weighted by Crippen LogP contribution is 2.22. The molecule has 0 aliphatic carbocycles. The van der Waals surface area contributed by atoms with Gasteiger partial charge in [0.05, 0.1) is 12.6 Å². The van der Waals surface area contributed by atoms with Crippen LogP contribution in [0.3, 0.4) is 0 Å². The van der Waals surface area contributed by atoms with Crippen molar-refractivity contribution < 1.29 is 9.69 Å². The molecule has 1 heterocycles. The molecule has 2 N–H and O–H groups in total. The fourth-order valence-electron chi connectivity index (χ4n) is 3.42. The summed E-state index contributed by atoms with van der Waals surface area (Å²) in [5.41, 5.74) is 5.23. The molecule has 0 spiro atoms. The Morgan fingerprint density at radius 2 is 1.77 bits per heavy atom. The first kappa shape index (κ1) is 18.2. The van der Waals surface area contributed by atoms with Crippen LogP contribution in [0.4, 0.5) is 5.69 Å². The number of likely N-dealkylation sites (N-methyl/N-ethyl adjacent to an activating group) is 1. The van der Waals surface area contributed by atoms with Gasteiger partial charge in [-0.1, -0.05) is 30.3 Å².